The number of esters is 1. The van der Waals surface area contributed by atoms with Crippen molar-refractivity contribution in [3.8, 4) is 6.07 Å². The van der Waals surface area contributed by atoms with Crippen LogP contribution in [-0.2, 0) is 16.0 Å². The van der Waals surface area contributed by atoms with Crippen LogP contribution in [-0.4, -0.2) is 22.0 Å². The summed E-state index contributed by atoms with van der Waals surface area (Å²) in [6.07, 6.45) is 0.853. The monoisotopic (exact) mass is 321 g/mol. The van der Waals surface area contributed by atoms with Gasteiger partial charge in [0.15, 0.2) is 5.65 Å². The largest absolute Gasteiger partial charge is 0.466 e. The first-order valence-corrected chi connectivity index (χ1v) is 8.03. The van der Waals surface area contributed by atoms with Crippen LogP contribution < -0.4 is 0 Å². The molecule has 5 nitrogen and oxygen atoms in total. The van der Waals surface area contributed by atoms with Crippen LogP contribution in [0, 0.1) is 25.2 Å². The number of aryl methyl sites for hydroxylation is 1. The van der Waals surface area contributed by atoms with Gasteiger partial charge in [0.05, 0.1) is 23.2 Å². The van der Waals surface area contributed by atoms with Crippen LogP contribution in [0.3, 0.4) is 0 Å². The van der Waals surface area contributed by atoms with E-state index in [0.29, 0.717) is 30.7 Å². The van der Waals surface area contributed by atoms with Gasteiger partial charge < -0.3 is 4.74 Å². The van der Waals surface area contributed by atoms with E-state index < -0.39 is 0 Å². The fraction of sp³-hybridized carbons (Fsp3) is 0.316. The van der Waals surface area contributed by atoms with Gasteiger partial charge in [-0.3, -0.25) is 9.20 Å². The third-order valence-electron chi connectivity index (χ3n) is 4.38. The molecule has 0 aliphatic carbocycles. The van der Waals surface area contributed by atoms with Gasteiger partial charge in [-0.2, -0.15) is 5.26 Å². The number of ether oxygens (including phenoxy) is 1. The highest BCUT2D eigenvalue weighted by atomic mass is 16.5. The summed E-state index contributed by atoms with van der Waals surface area (Å²) in [5.41, 5.74) is 5.99. The zero-order valence-electron chi connectivity index (χ0n) is 14.1. The van der Waals surface area contributed by atoms with Gasteiger partial charge in [0.1, 0.15) is 6.07 Å². The topological polar surface area (TPSA) is 67.4 Å². The van der Waals surface area contributed by atoms with Gasteiger partial charge in [0.2, 0.25) is 0 Å². The predicted molar refractivity (Wildman–Crippen MR) is 91.8 cm³/mol. The number of nitriles is 1. The van der Waals surface area contributed by atoms with Crippen molar-refractivity contribution in [1.82, 2.24) is 9.38 Å². The van der Waals surface area contributed by atoms with E-state index in [1.807, 2.05) is 42.5 Å². The molecule has 0 aliphatic rings. The van der Waals surface area contributed by atoms with Crippen molar-refractivity contribution >= 4 is 22.6 Å². The minimum absolute atomic E-state index is 0.217. The zero-order chi connectivity index (χ0) is 17.3. The second-order valence-corrected chi connectivity index (χ2v) is 5.74. The van der Waals surface area contributed by atoms with Crippen molar-refractivity contribution in [3.63, 3.8) is 0 Å². The molecule has 0 spiro atoms. The first kappa shape index (κ1) is 16.0. The third kappa shape index (κ3) is 2.50. The first-order valence-electron chi connectivity index (χ1n) is 8.03. The Morgan fingerprint density at radius 2 is 2.08 bits per heavy atom. The summed E-state index contributed by atoms with van der Waals surface area (Å²) in [4.78, 5) is 16.3. The van der Waals surface area contributed by atoms with Crippen molar-refractivity contribution < 1.29 is 9.53 Å². The van der Waals surface area contributed by atoms with Crippen LogP contribution in [0.5, 0.6) is 0 Å². The fourth-order valence-electron chi connectivity index (χ4n) is 3.22. The highest BCUT2D eigenvalue weighted by Crippen LogP contribution is 2.28. The van der Waals surface area contributed by atoms with E-state index in [0.717, 1.165) is 27.9 Å². The molecule has 0 aliphatic heterocycles. The number of hydrogen-bond donors (Lipinski definition) is 0. The number of aromatic nitrogens is 2. The molecule has 1 aromatic carbocycles. The Hall–Kier alpha value is -2.87. The summed E-state index contributed by atoms with van der Waals surface area (Å²) in [5.74, 6) is -0.217. The molecule has 3 aromatic rings. The summed E-state index contributed by atoms with van der Waals surface area (Å²) in [6, 6.07) is 10.1. The molecule has 0 fully saturated rings. The number of carbonyl (C=O) groups excluding carboxylic acids is 1. The summed E-state index contributed by atoms with van der Waals surface area (Å²) in [5, 5.41) is 9.62. The molecule has 24 heavy (non-hydrogen) atoms. The van der Waals surface area contributed by atoms with Gasteiger partial charge in [0, 0.05) is 12.1 Å². The average molecular weight is 321 g/mol. The summed E-state index contributed by atoms with van der Waals surface area (Å²) >= 11 is 0. The lowest BCUT2D eigenvalue weighted by atomic mass is 9.98. The first-order chi connectivity index (χ1) is 11.6. The number of pyridine rings is 1. The van der Waals surface area contributed by atoms with Crippen LogP contribution in [0.15, 0.2) is 24.3 Å². The van der Waals surface area contributed by atoms with Gasteiger partial charge in [-0.1, -0.05) is 12.1 Å². The molecule has 5 heteroatoms. The molecule has 0 bridgehead atoms. The number of para-hydroxylation sites is 2. The van der Waals surface area contributed by atoms with E-state index in [4.69, 9.17) is 4.74 Å². The minimum atomic E-state index is -0.217. The Morgan fingerprint density at radius 1 is 1.33 bits per heavy atom. The van der Waals surface area contributed by atoms with Crippen molar-refractivity contribution in [2.75, 3.05) is 6.61 Å². The Kier molecular flexibility index (Phi) is 4.22. The molecule has 0 radical (unpaired) electrons. The summed E-state index contributed by atoms with van der Waals surface area (Å²) < 4.78 is 7.03. The molecular weight excluding hydrogens is 302 g/mol. The Bertz CT molecular complexity index is 980. The lowest BCUT2D eigenvalue weighted by molar-refractivity contribution is -0.143. The molecule has 122 valence electrons. The van der Waals surface area contributed by atoms with E-state index >= 15 is 0 Å². The van der Waals surface area contributed by atoms with Gasteiger partial charge in [-0.05, 0) is 50.5 Å². The van der Waals surface area contributed by atoms with Gasteiger partial charge in [-0.25, -0.2) is 4.98 Å². The molecule has 2 heterocycles. The fourth-order valence-corrected chi connectivity index (χ4v) is 3.22. The second-order valence-electron chi connectivity index (χ2n) is 5.74. The molecular formula is C19H19N3O2. The Balaban J connectivity index is 2.21. The van der Waals surface area contributed by atoms with Crippen LogP contribution in [0.4, 0.5) is 0 Å². The molecule has 3 rings (SSSR count). The van der Waals surface area contributed by atoms with Crippen molar-refractivity contribution in [2.45, 2.75) is 33.6 Å². The lowest BCUT2D eigenvalue weighted by Gasteiger charge is -2.14. The Morgan fingerprint density at radius 3 is 2.79 bits per heavy atom. The van der Waals surface area contributed by atoms with E-state index in [1.54, 1.807) is 6.92 Å². The molecule has 0 amide bonds. The predicted octanol–water partition coefficient (Wildman–Crippen LogP) is 3.47. The maximum atomic E-state index is 11.7. The minimum Gasteiger partial charge on any atom is -0.466 e. The normalized spacial score (nSPS) is 10.9. The average Bonchev–Trinajstić information content (AvgIpc) is 2.94. The highest BCUT2D eigenvalue weighted by Gasteiger charge is 2.18. The summed E-state index contributed by atoms with van der Waals surface area (Å²) in [6.45, 7) is 6.11. The number of nitrogens with zero attached hydrogens (tertiary/aromatic N) is 3. The Labute approximate surface area is 140 Å². The van der Waals surface area contributed by atoms with Crippen molar-refractivity contribution in [3.05, 3.63) is 46.6 Å². The van der Waals surface area contributed by atoms with E-state index in [2.05, 4.69) is 11.1 Å². The van der Waals surface area contributed by atoms with Crippen molar-refractivity contribution in [1.29, 1.82) is 5.26 Å². The molecule has 0 atom stereocenters. The molecule has 0 saturated heterocycles. The van der Waals surface area contributed by atoms with Crippen LogP contribution in [0.25, 0.3) is 16.7 Å². The maximum Gasteiger partial charge on any atom is 0.306 e. The van der Waals surface area contributed by atoms with E-state index in [9.17, 15) is 10.1 Å². The number of carbonyl (C=O) groups is 1. The summed E-state index contributed by atoms with van der Waals surface area (Å²) in [7, 11) is 0. The van der Waals surface area contributed by atoms with E-state index in [-0.39, 0.29) is 5.97 Å². The lowest BCUT2D eigenvalue weighted by Crippen LogP contribution is -2.10. The van der Waals surface area contributed by atoms with Crippen molar-refractivity contribution in [2.24, 2.45) is 0 Å². The molecule has 0 unspecified atom stereocenters. The quantitative estimate of drug-likeness (QED) is 0.690. The standard InChI is InChI=1S/C19H19N3O2/c1-4-24-18(23)10-9-14-12(2)15(11-20)19-21-16-7-5-6-8-17(16)22(19)13(14)3/h5-8H,4,9-10H2,1-3H3. The molecule has 0 saturated carbocycles. The second kappa shape index (κ2) is 6.32. The van der Waals surface area contributed by atoms with Crippen LogP contribution in [0.2, 0.25) is 0 Å². The SMILES string of the molecule is CCOC(=O)CCc1c(C)c(C#N)c2nc3ccccc3n2c1C. The third-order valence-corrected chi connectivity index (χ3v) is 4.38. The molecule has 0 N–H and O–H groups in total. The maximum absolute atomic E-state index is 11.7. The number of hydrogen-bond acceptors (Lipinski definition) is 4. The highest BCUT2D eigenvalue weighted by molar-refractivity contribution is 5.83. The van der Waals surface area contributed by atoms with Crippen LogP contribution >= 0.6 is 0 Å². The molecule has 2 aromatic heterocycles. The number of imidazole rings is 1. The van der Waals surface area contributed by atoms with Crippen LogP contribution in [0.1, 0.15) is 35.7 Å². The van der Waals surface area contributed by atoms with E-state index in [1.165, 1.54) is 0 Å². The smallest absolute Gasteiger partial charge is 0.306 e. The van der Waals surface area contributed by atoms with Gasteiger partial charge >= 0.3 is 5.97 Å². The van der Waals surface area contributed by atoms with Gasteiger partial charge in [-0.15, -0.1) is 0 Å². The van der Waals surface area contributed by atoms with Gasteiger partial charge in [0.25, 0.3) is 0 Å². The number of benzene rings is 1. The zero-order valence-corrected chi connectivity index (χ0v) is 14.1. The number of rotatable bonds is 4. The number of fused-ring (bicyclic) bond motifs is 3.